The third-order valence-electron chi connectivity index (χ3n) is 8.25. The van der Waals surface area contributed by atoms with Gasteiger partial charge in [-0.05, 0) is 17.7 Å². The van der Waals surface area contributed by atoms with Crippen LogP contribution in [0, 0.1) is 0 Å². The maximum absolute atomic E-state index is 5.97. The van der Waals surface area contributed by atoms with Crippen molar-refractivity contribution >= 4 is 34.4 Å². The number of rotatable bonds is 11. The number of halogens is 1. The Morgan fingerprint density at radius 2 is 0.707 bits per heavy atom. The molecular weight excluding hydrogens is 524 g/mol. The van der Waals surface area contributed by atoms with Gasteiger partial charge in [0, 0.05) is 78.8 Å². The zero-order valence-electron chi connectivity index (χ0n) is 26.2. The Hall–Kier alpha value is -3.15. The minimum absolute atomic E-state index is 0.558. The molecule has 0 aliphatic rings. The Kier molecular flexibility index (Phi) is 9.30. The third-order valence-corrected chi connectivity index (χ3v) is 8.56. The molecular formula is C36H48ClN4+3. The van der Waals surface area contributed by atoms with E-state index in [9.17, 15) is 0 Å². The number of anilines is 1. The molecule has 0 spiro atoms. The van der Waals surface area contributed by atoms with Gasteiger partial charge in [-0.3, -0.25) is 13.4 Å². The zero-order valence-corrected chi connectivity index (χ0v) is 27.0. The highest BCUT2D eigenvalue weighted by molar-refractivity contribution is 6.17. The summed E-state index contributed by atoms with van der Waals surface area (Å²) < 4.78 is 2.41. The summed E-state index contributed by atoms with van der Waals surface area (Å²) in [4.78, 5) is 2.14. The third kappa shape index (κ3) is 7.78. The first-order valence-corrected chi connectivity index (χ1v) is 14.9. The first-order chi connectivity index (χ1) is 19.3. The topological polar surface area (TPSA) is 3.24 Å². The van der Waals surface area contributed by atoms with E-state index in [1.165, 1.54) is 39.4 Å². The molecule has 4 aromatic rings. The van der Waals surface area contributed by atoms with E-state index in [-0.39, 0.29) is 0 Å². The van der Waals surface area contributed by atoms with Crippen molar-refractivity contribution in [3.63, 3.8) is 0 Å². The van der Waals surface area contributed by atoms with E-state index >= 15 is 0 Å². The van der Waals surface area contributed by atoms with E-state index in [4.69, 9.17) is 11.6 Å². The molecule has 0 saturated carbocycles. The van der Waals surface area contributed by atoms with E-state index in [0.717, 1.165) is 38.6 Å². The van der Waals surface area contributed by atoms with E-state index in [1.807, 2.05) is 0 Å². The molecule has 0 bridgehead atoms. The van der Waals surface area contributed by atoms with Crippen molar-refractivity contribution in [3.8, 4) is 0 Å². The van der Waals surface area contributed by atoms with Crippen molar-refractivity contribution in [1.29, 1.82) is 0 Å². The highest BCUT2D eigenvalue weighted by Gasteiger charge is 2.25. The number of quaternary nitrogens is 3. The Balaban J connectivity index is 1.40. The van der Waals surface area contributed by atoms with Crippen LogP contribution in [0.5, 0.6) is 0 Å². The molecule has 0 heterocycles. The Bertz CT molecular complexity index is 1400. The molecule has 0 fully saturated rings. The highest BCUT2D eigenvalue weighted by Crippen LogP contribution is 2.29. The van der Waals surface area contributed by atoms with Gasteiger partial charge in [-0.25, -0.2) is 0 Å². The lowest BCUT2D eigenvalue weighted by Gasteiger charge is -2.32. The van der Waals surface area contributed by atoms with Gasteiger partial charge >= 0.3 is 0 Å². The molecule has 41 heavy (non-hydrogen) atoms. The van der Waals surface area contributed by atoms with Gasteiger partial charge in [-0.2, -0.15) is 0 Å². The fourth-order valence-corrected chi connectivity index (χ4v) is 5.72. The largest absolute Gasteiger partial charge is 0.378 e. The van der Waals surface area contributed by atoms with Crippen molar-refractivity contribution in [2.24, 2.45) is 0 Å². The predicted octanol–water partition coefficient (Wildman–Crippen LogP) is 7.79. The molecule has 5 heteroatoms. The molecule has 0 aliphatic heterocycles. The average molecular weight is 572 g/mol. The number of hydrogen-bond acceptors (Lipinski definition) is 1. The van der Waals surface area contributed by atoms with Crippen LogP contribution in [0.25, 0.3) is 0 Å². The molecule has 4 aromatic carbocycles. The minimum Gasteiger partial charge on any atom is -0.378 e. The van der Waals surface area contributed by atoms with Crippen LogP contribution in [-0.2, 0) is 25.5 Å². The van der Waals surface area contributed by atoms with Crippen LogP contribution in [0.3, 0.4) is 0 Å². The quantitative estimate of drug-likeness (QED) is 0.131. The van der Waals surface area contributed by atoms with Crippen molar-refractivity contribution in [2.45, 2.75) is 25.5 Å². The summed E-state index contributed by atoms with van der Waals surface area (Å²) >= 11 is 5.97. The number of benzene rings is 4. The fraction of sp³-hybridized carbons (Fsp3) is 0.333. The summed E-state index contributed by atoms with van der Waals surface area (Å²) in [5, 5.41) is 0. The van der Waals surface area contributed by atoms with E-state index in [2.05, 4.69) is 158 Å². The summed E-state index contributed by atoms with van der Waals surface area (Å²) in [6.07, 6.45) is 0. The second-order valence-electron chi connectivity index (χ2n) is 13.2. The summed E-state index contributed by atoms with van der Waals surface area (Å²) in [6.45, 7) is 2.82. The summed E-state index contributed by atoms with van der Waals surface area (Å²) in [5.41, 5.74) is 10.3. The van der Waals surface area contributed by atoms with Crippen molar-refractivity contribution < 1.29 is 0 Å². The van der Waals surface area contributed by atoms with Crippen LogP contribution in [0.1, 0.15) is 22.3 Å². The molecule has 0 N–H and O–H groups in total. The summed E-state index contributed by atoms with van der Waals surface area (Å²) in [5.74, 6) is 0.558. The normalized spacial score (nSPS) is 12.4. The number of alkyl halides is 1. The van der Waals surface area contributed by atoms with Gasteiger partial charge in [0.05, 0.1) is 42.3 Å². The van der Waals surface area contributed by atoms with Crippen LogP contribution in [0.4, 0.5) is 22.7 Å². The van der Waals surface area contributed by atoms with Crippen molar-refractivity contribution in [3.05, 3.63) is 119 Å². The molecule has 0 unspecified atom stereocenters. The monoisotopic (exact) mass is 571 g/mol. The highest BCUT2D eigenvalue weighted by atomic mass is 35.5. The lowest BCUT2D eigenvalue weighted by Crippen LogP contribution is -2.41. The molecule has 0 saturated heterocycles. The van der Waals surface area contributed by atoms with Gasteiger partial charge < -0.3 is 4.90 Å². The molecule has 216 valence electrons. The predicted molar refractivity (Wildman–Crippen MR) is 182 cm³/mol. The van der Waals surface area contributed by atoms with E-state index in [0.29, 0.717) is 5.88 Å². The molecule has 0 atom stereocenters. The molecule has 0 amide bonds. The van der Waals surface area contributed by atoms with Gasteiger partial charge in [0.15, 0.2) is 0 Å². The zero-order chi connectivity index (χ0) is 29.8. The Morgan fingerprint density at radius 1 is 0.439 bits per heavy atom. The fourth-order valence-electron chi connectivity index (χ4n) is 5.54. The van der Waals surface area contributed by atoms with E-state index in [1.54, 1.807) is 0 Å². The second kappa shape index (κ2) is 12.4. The van der Waals surface area contributed by atoms with Crippen molar-refractivity contribution in [2.75, 3.05) is 61.3 Å². The lowest BCUT2D eigenvalue weighted by molar-refractivity contribution is 0.384. The van der Waals surface area contributed by atoms with Gasteiger partial charge in [0.25, 0.3) is 0 Å². The molecule has 0 radical (unpaired) electrons. The van der Waals surface area contributed by atoms with Crippen LogP contribution >= 0.6 is 11.6 Å². The lowest BCUT2D eigenvalue weighted by atomic mass is 10.1. The summed E-state index contributed by atoms with van der Waals surface area (Å²) in [6, 6.07) is 35.9. The van der Waals surface area contributed by atoms with Gasteiger partial charge in [-0.15, -0.1) is 11.6 Å². The Morgan fingerprint density at radius 3 is 0.976 bits per heavy atom. The molecule has 4 rings (SSSR count). The van der Waals surface area contributed by atoms with Crippen LogP contribution < -0.4 is 18.3 Å². The van der Waals surface area contributed by atoms with E-state index < -0.39 is 0 Å². The average Bonchev–Trinajstić information content (AvgIpc) is 2.94. The number of nitrogens with zero attached hydrogens (tertiary/aromatic N) is 4. The second-order valence-corrected chi connectivity index (χ2v) is 13.5. The SMILES string of the molecule is CN(C)c1ccc([N+](C)(C)Cc2ccc(C[N+](C)(C)c3ccc([N+](C)(C)Cc4ccc(CCl)cc4)cc3)cc2)cc1. The maximum atomic E-state index is 5.97. The van der Waals surface area contributed by atoms with Crippen LogP contribution in [0.2, 0.25) is 0 Å². The molecule has 0 aromatic heterocycles. The van der Waals surface area contributed by atoms with Crippen LogP contribution in [0.15, 0.2) is 97.1 Å². The van der Waals surface area contributed by atoms with Gasteiger partial charge in [-0.1, -0.05) is 48.5 Å². The first kappa shape index (κ1) is 30.8. The molecule has 0 aliphatic carbocycles. The van der Waals surface area contributed by atoms with Gasteiger partial charge in [0.2, 0.25) is 0 Å². The minimum atomic E-state index is 0.558. The Labute approximate surface area is 253 Å². The standard InChI is InChI=1S/C36H48ClN4/c1-38(2)33-17-19-34(20-18-33)39(3,4)27-31-13-15-32(16-14-31)28-41(7,8)36-23-21-35(22-24-36)40(5,6)26-30-11-9-29(25-37)10-12-30/h9-24H,25-28H2,1-8H3/q+3. The summed E-state index contributed by atoms with van der Waals surface area (Å²) in [7, 11) is 17.8. The smallest absolute Gasteiger partial charge is 0.133 e. The molecule has 4 nitrogen and oxygen atoms in total. The van der Waals surface area contributed by atoms with Crippen LogP contribution in [-0.4, -0.2) is 56.4 Å². The number of hydrogen-bond donors (Lipinski definition) is 0. The maximum Gasteiger partial charge on any atom is 0.133 e. The van der Waals surface area contributed by atoms with Crippen molar-refractivity contribution in [1.82, 2.24) is 13.4 Å². The van der Waals surface area contributed by atoms with Gasteiger partial charge in [0.1, 0.15) is 36.7 Å². The first-order valence-electron chi connectivity index (χ1n) is 14.4.